The molecule has 0 bridgehead atoms. The zero-order chi connectivity index (χ0) is 19.9. The number of hydrogen-bond donors (Lipinski definition) is 3. The summed E-state index contributed by atoms with van der Waals surface area (Å²) < 4.78 is 5.13. The topological polar surface area (TPSA) is 109 Å². The Morgan fingerprint density at radius 2 is 1.79 bits per heavy atom. The lowest BCUT2D eigenvalue weighted by atomic mass is 10.2. The van der Waals surface area contributed by atoms with Crippen LogP contribution in [0.4, 0.5) is 0 Å². The minimum atomic E-state index is -0.504. The van der Waals surface area contributed by atoms with Gasteiger partial charge in [-0.05, 0) is 43.3 Å². The second kappa shape index (κ2) is 9.05. The quantitative estimate of drug-likeness (QED) is 0.435. The molecule has 0 aliphatic heterocycles. The van der Waals surface area contributed by atoms with Gasteiger partial charge < -0.3 is 4.74 Å². The van der Waals surface area contributed by atoms with Crippen LogP contribution in [-0.2, 0) is 4.79 Å². The number of nitrogens with zero attached hydrogens (tertiary/aromatic N) is 2. The van der Waals surface area contributed by atoms with Crippen molar-refractivity contribution in [1.82, 2.24) is 26.0 Å². The van der Waals surface area contributed by atoms with E-state index < -0.39 is 5.25 Å². The summed E-state index contributed by atoms with van der Waals surface area (Å²) in [7, 11) is 1.60. The van der Waals surface area contributed by atoms with E-state index >= 15 is 0 Å². The number of aromatic nitrogens is 3. The van der Waals surface area contributed by atoms with Gasteiger partial charge in [-0.25, -0.2) is 4.98 Å². The lowest BCUT2D eigenvalue weighted by Gasteiger charge is -2.11. The standard InChI is InChI=1S/C19H19N5O3S/c1-12(17(25)22-23-18(26)14-6-4-3-5-7-14)28-19-20-16(21-24-19)13-8-10-15(27-2)11-9-13/h3-12H,1-2H3,(H,22,25)(H,23,26)(H,20,21,24)/t12-/m0/s1. The Morgan fingerprint density at radius 3 is 2.46 bits per heavy atom. The smallest absolute Gasteiger partial charge is 0.269 e. The highest BCUT2D eigenvalue weighted by Crippen LogP contribution is 2.24. The van der Waals surface area contributed by atoms with Crippen LogP contribution in [0.1, 0.15) is 17.3 Å². The molecule has 3 N–H and O–H groups in total. The average molecular weight is 397 g/mol. The highest BCUT2D eigenvalue weighted by atomic mass is 32.2. The molecular formula is C19H19N5O3S. The van der Waals surface area contributed by atoms with E-state index in [1.807, 2.05) is 30.3 Å². The average Bonchev–Trinajstić information content (AvgIpc) is 3.20. The number of aromatic amines is 1. The molecule has 1 heterocycles. The van der Waals surface area contributed by atoms with E-state index in [9.17, 15) is 9.59 Å². The van der Waals surface area contributed by atoms with Gasteiger partial charge in [-0.1, -0.05) is 30.0 Å². The number of nitrogens with one attached hydrogen (secondary N) is 3. The molecule has 0 saturated heterocycles. The Labute approximate surface area is 166 Å². The first kappa shape index (κ1) is 19.4. The van der Waals surface area contributed by atoms with Gasteiger partial charge >= 0.3 is 0 Å². The van der Waals surface area contributed by atoms with E-state index in [0.717, 1.165) is 11.3 Å². The predicted molar refractivity (Wildman–Crippen MR) is 106 cm³/mol. The van der Waals surface area contributed by atoms with Gasteiger partial charge in [0.2, 0.25) is 5.16 Å². The number of benzene rings is 2. The van der Waals surface area contributed by atoms with Gasteiger partial charge in [0, 0.05) is 11.1 Å². The molecule has 0 fully saturated rings. The molecule has 0 aliphatic carbocycles. The number of methoxy groups -OCH3 is 1. The third-order valence-electron chi connectivity index (χ3n) is 3.81. The first-order valence-corrected chi connectivity index (χ1v) is 9.33. The van der Waals surface area contributed by atoms with Crippen molar-refractivity contribution in [1.29, 1.82) is 0 Å². The Hall–Kier alpha value is -3.33. The highest BCUT2D eigenvalue weighted by molar-refractivity contribution is 8.00. The summed E-state index contributed by atoms with van der Waals surface area (Å²) in [5.74, 6) is 0.603. The minimum absolute atomic E-state index is 0.356. The first-order chi connectivity index (χ1) is 13.6. The van der Waals surface area contributed by atoms with Gasteiger partial charge in [0.05, 0.1) is 12.4 Å². The number of rotatable bonds is 6. The Bertz CT molecular complexity index is 944. The maximum absolute atomic E-state index is 12.2. The van der Waals surface area contributed by atoms with Crippen molar-refractivity contribution in [2.45, 2.75) is 17.3 Å². The van der Waals surface area contributed by atoms with E-state index in [1.165, 1.54) is 11.8 Å². The van der Waals surface area contributed by atoms with Gasteiger partial charge in [0.15, 0.2) is 5.82 Å². The number of thioether (sulfide) groups is 1. The summed E-state index contributed by atoms with van der Waals surface area (Å²) in [5, 5.41) is 6.91. The van der Waals surface area contributed by atoms with Crippen molar-refractivity contribution in [2.75, 3.05) is 7.11 Å². The summed E-state index contributed by atoms with van der Waals surface area (Å²) in [6.45, 7) is 1.71. The molecular weight excluding hydrogens is 378 g/mol. The first-order valence-electron chi connectivity index (χ1n) is 8.45. The predicted octanol–water partition coefficient (Wildman–Crippen LogP) is 2.42. The van der Waals surface area contributed by atoms with Gasteiger partial charge in [-0.15, -0.1) is 5.10 Å². The molecule has 8 nitrogen and oxygen atoms in total. The monoisotopic (exact) mass is 397 g/mol. The van der Waals surface area contributed by atoms with Crippen LogP contribution in [0.5, 0.6) is 5.75 Å². The molecule has 28 heavy (non-hydrogen) atoms. The van der Waals surface area contributed by atoms with Crippen molar-refractivity contribution < 1.29 is 14.3 Å². The third kappa shape index (κ3) is 4.89. The molecule has 1 atom stereocenters. The fourth-order valence-electron chi connectivity index (χ4n) is 2.27. The largest absolute Gasteiger partial charge is 0.497 e. The number of ether oxygens (including phenoxy) is 1. The van der Waals surface area contributed by atoms with Crippen LogP contribution < -0.4 is 15.6 Å². The van der Waals surface area contributed by atoms with Crippen molar-refractivity contribution in [3.05, 3.63) is 60.2 Å². The number of carbonyl (C=O) groups excluding carboxylic acids is 2. The molecule has 0 aliphatic rings. The van der Waals surface area contributed by atoms with E-state index in [4.69, 9.17) is 4.74 Å². The third-order valence-corrected chi connectivity index (χ3v) is 4.78. The zero-order valence-corrected chi connectivity index (χ0v) is 16.1. The van der Waals surface area contributed by atoms with Crippen LogP contribution in [0.25, 0.3) is 11.4 Å². The fourth-order valence-corrected chi connectivity index (χ4v) is 2.99. The van der Waals surface area contributed by atoms with Gasteiger partial charge in [0.1, 0.15) is 5.75 Å². The molecule has 9 heteroatoms. The number of carbonyl (C=O) groups is 2. The summed E-state index contributed by atoms with van der Waals surface area (Å²) in [4.78, 5) is 28.6. The second-order valence-corrected chi connectivity index (χ2v) is 7.07. The maximum Gasteiger partial charge on any atom is 0.269 e. The minimum Gasteiger partial charge on any atom is -0.497 e. The van der Waals surface area contributed by atoms with Gasteiger partial charge in [-0.2, -0.15) is 0 Å². The van der Waals surface area contributed by atoms with Crippen molar-refractivity contribution in [2.24, 2.45) is 0 Å². The number of amides is 2. The lowest BCUT2D eigenvalue weighted by Crippen LogP contribution is -2.44. The summed E-state index contributed by atoms with van der Waals surface area (Å²) in [5.41, 5.74) is 6.12. The molecule has 3 rings (SSSR count). The van der Waals surface area contributed by atoms with Crippen LogP contribution >= 0.6 is 11.8 Å². The van der Waals surface area contributed by atoms with Crippen LogP contribution in [0.15, 0.2) is 59.8 Å². The Balaban J connectivity index is 1.54. The molecule has 1 aromatic heterocycles. The fraction of sp³-hybridized carbons (Fsp3) is 0.158. The molecule has 3 aromatic rings. The number of H-pyrrole nitrogens is 1. The number of hydrogen-bond acceptors (Lipinski definition) is 6. The number of hydrazine groups is 1. The highest BCUT2D eigenvalue weighted by Gasteiger charge is 2.18. The van der Waals surface area contributed by atoms with E-state index in [0.29, 0.717) is 16.5 Å². The molecule has 0 unspecified atom stereocenters. The van der Waals surface area contributed by atoms with Crippen LogP contribution in [0, 0.1) is 0 Å². The van der Waals surface area contributed by atoms with Gasteiger partial charge in [-0.3, -0.25) is 25.5 Å². The van der Waals surface area contributed by atoms with Crippen molar-refractivity contribution in [3.8, 4) is 17.1 Å². The van der Waals surface area contributed by atoms with E-state index in [2.05, 4.69) is 26.0 Å². The van der Waals surface area contributed by atoms with E-state index in [1.54, 1.807) is 38.3 Å². The van der Waals surface area contributed by atoms with E-state index in [-0.39, 0.29) is 11.8 Å². The Kier molecular flexibility index (Phi) is 6.28. The normalized spacial score (nSPS) is 11.5. The van der Waals surface area contributed by atoms with Gasteiger partial charge in [0.25, 0.3) is 11.8 Å². The maximum atomic E-state index is 12.2. The molecule has 0 spiro atoms. The summed E-state index contributed by atoms with van der Waals surface area (Å²) in [6.07, 6.45) is 0. The van der Waals surface area contributed by atoms with Crippen LogP contribution in [0.2, 0.25) is 0 Å². The second-order valence-electron chi connectivity index (χ2n) is 5.76. The molecule has 0 radical (unpaired) electrons. The van der Waals surface area contributed by atoms with Crippen molar-refractivity contribution >= 4 is 23.6 Å². The molecule has 2 aromatic carbocycles. The molecule has 2 amide bonds. The Morgan fingerprint density at radius 1 is 1.07 bits per heavy atom. The SMILES string of the molecule is COc1ccc(-c2nc(S[C@@H](C)C(=O)NNC(=O)c3ccccc3)n[nH]2)cc1. The zero-order valence-electron chi connectivity index (χ0n) is 15.3. The van der Waals surface area contributed by atoms with Crippen LogP contribution in [0.3, 0.4) is 0 Å². The summed E-state index contributed by atoms with van der Waals surface area (Å²) in [6, 6.07) is 16.0. The lowest BCUT2D eigenvalue weighted by molar-refractivity contribution is -0.121. The van der Waals surface area contributed by atoms with Crippen LogP contribution in [-0.4, -0.2) is 39.4 Å². The summed E-state index contributed by atoms with van der Waals surface area (Å²) >= 11 is 1.18. The van der Waals surface area contributed by atoms with Crippen molar-refractivity contribution in [3.63, 3.8) is 0 Å². The molecule has 144 valence electrons. The molecule has 0 saturated carbocycles.